The lowest BCUT2D eigenvalue weighted by atomic mass is 10.1. The highest BCUT2D eigenvalue weighted by Gasteiger charge is 2.20. The molecule has 0 radical (unpaired) electrons. The molecule has 1 heterocycles. The van der Waals surface area contributed by atoms with Crippen LogP contribution in [0.15, 0.2) is 35.1 Å². The predicted octanol–water partition coefficient (Wildman–Crippen LogP) is 4.26. The minimum absolute atomic E-state index is 0.00450. The van der Waals surface area contributed by atoms with Crippen LogP contribution >= 0.6 is 11.6 Å². The van der Waals surface area contributed by atoms with Gasteiger partial charge in [0.05, 0.1) is 27.7 Å². The summed E-state index contributed by atoms with van der Waals surface area (Å²) in [5.74, 6) is -1.46. The lowest BCUT2D eigenvalue weighted by molar-refractivity contribution is 0.0528. The van der Waals surface area contributed by atoms with Crippen LogP contribution in [0.5, 0.6) is 0 Å². The zero-order chi connectivity index (χ0) is 23.6. The first-order valence-corrected chi connectivity index (χ1v) is 9.95. The molecule has 0 saturated heterocycles. The molecule has 0 unspecified atom stereocenters. The van der Waals surface area contributed by atoms with Crippen molar-refractivity contribution in [1.82, 2.24) is 14.9 Å². The van der Waals surface area contributed by atoms with Gasteiger partial charge in [-0.1, -0.05) is 11.6 Å². The standard InChI is InChI=1S/C22H19ClF2N4O3/c1-22(2,3)32-21(31)27-7-6-17-28-19-16(25)5-4-15(23)18(19)20(30)29(17)14-9-12(11-26)8-13(24)10-14/h4-5,8-10H,6-7H2,1-3H3,(H,27,31). The quantitative estimate of drug-likeness (QED) is 0.627. The van der Waals surface area contributed by atoms with Gasteiger partial charge in [0.1, 0.15) is 28.6 Å². The highest BCUT2D eigenvalue weighted by Crippen LogP contribution is 2.24. The summed E-state index contributed by atoms with van der Waals surface area (Å²) in [7, 11) is 0. The van der Waals surface area contributed by atoms with Crippen LogP contribution < -0.4 is 10.9 Å². The highest BCUT2D eigenvalue weighted by molar-refractivity contribution is 6.35. The van der Waals surface area contributed by atoms with Crippen LogP contribution in [0, 0.1) is 23.0 Å². The SMILES string of the molecule is CC(C)(C)OC(=O)NCCc1nc2c(F)ccc(Cl)c2c(=O)n1-c1cc(F)cc(C#N)c1. The van der Waals surface area contributed by atoms with Crippen molar-refractivity contribution in [2.45, 2.75) is 32.8 Å². The summed E-state index contributed by atoms with van der Waals surface area (Å²) in [6.45, 7) is 5.12. The second kappa shape index (κ2) is 8.93. The summed E-state index contributed by atoms with van der Waals surface area (Å²) in [5.41, 5.74) is -1.68. The van der Waals surface area contributed by atoms with E-state index in [1.54, 1.807) is 20.8 Å². The number of benzene rings is 2. The molecule has 1 N–H and O–H groups in total. The van der Waals surface area contributed by atoms with E-state index in [-0.39, 0.29) is 46.0 Å². The van der Waals surface area contributed by atoms with Crippen molar-refractivity contribution >= 4 is 28.6 Å². The minimum Gasteiger partial charge on any atom is -0.444 e. The molecule has 166 valence electrons. The third-order valence-electron chi connectivity index (χ3n) is 4.28. The Labute approximate surface area is 187 Å². The number of alkyl carbamates (subject to hydrolysis) is 1. The summed E-state index contributed by atoms with van der Waals surface area (Å²) in [4.78, 5) is 29.4. The van der Waals surface area contributed by atoms with Gasteiger partial charge in [0.2, 0.25) is 0 Å². The molecular formula is C22H19ClF2N4O3. The number of rotatable bonds is 4. The summed E-state index contributed by atoms with van der Waals surface area (Å²) in [5, 5.41) is 11.5. The first kappa shape index (κ1) is 23.2. The van der Waals surface area contributed by atoms with Crippen molar-refractivity contribution in [3.8, 4) is 11.8 Å². The van der Waals surface area contributed by atoms with E-state index in [9.17, 15) is 18.4 Å². The van der Waals surface area contributed by atoms with Crippen LogP contribution in [0.25, 0.3) is 16.6 Å². The Kier molecular flexibility index (Phi) is 6.46. The van der Waals surface area contributed by atoms with Crippen molar-refractivity contribution < 1.29 is 18.3 Å². The fourth-order valence-corrected chi connectivity index (χ4v) is 3.29. The van der Waals surface area contributed by atoms with Gasteiger partial charge in [-0.05, 0) is 51.1 Å². The maximum absolute atomic E-state index is 14.4. The lowest BCUT2D eigenvalue weighted by Gasteiger charge is -2.20. The Morgan fingerprint density at radius 1 is 1.28 bits per heavy atom. The number of ether oxygens (including phenoxy) is 1. The van der Waals surface area contributed by atoms with Crippen molar-refractivity contribution in [3.63, 3.8) is 0 Å². The normalized spacial score (nSPS) is 11.3. The van der Waals surface area contributed by atoms with Gasteiger partial charge in [-0.25, -0.2) is 18.6 Å². The van der Waals surface area contributed by atoms with Gasteiger partial charge in [-0.15, -0.1) is 0 Å². The summed E-state index contributed by atoms with van der Waals surface area (Å²) in [6.07, 6.45) is -0.701. The summed E-state index contributed by atoms with van der Waals surface area (Å²) < 4.78 is 34.7. The Morgan fingerprint density at radius 2 is 2.00 bits per heavy atom. The van der Waals surface area contributed by atoms with Crippen LogP contribution in [-0.4, -0.2) is 27.8 Å². The van der Waals surface area contributed by atoms with E-state index in [4.69, 9.17) is 21.6 Å². The van der Waals surface area contributed by atoms with Gasteiger partial charge in [0, 0.05) is 13.0 Å². The number of aromatic nitrogens is 2. The Balaban J connectivity index is 2.12. The summed E-state index contributed by atoms with van der Waals surface area (Å²) >= 11 is 6.12. The zero-order valence-electron chi connectivity index (χ0n) is 17.5. The van der Waals surface area contributed by atoms with Gasteiger partial charge in [-0.3, -0.25) is 9.36 Å². The van der Waals surface area contributed by atoms with E-state index in [1.807, 2.05) is 6.07 Å². The van der Waals surface area contributed by atoms with Gasteiger partial charge < -0.3 is 10.1 Å². The van der Waals surface area contributed by atoms with Crippen LogP contribution in [0.1, 0.15) is 32.2 Å². The van der Waals surface area contributed by atoms with Crippen molar-refractivity contribution in [2.75, 3.05) is 6.54 Å². The third kappa shape index (κ3) is 5.03. The molecule has 0 spiro atoms. The molecule has 32 heavy (non-hydrogen) atoms. The number of carbonyl (C=O) groups excluding carboxylic acids is 1. The minimum atomic E-state index is -0.757. The fourth-order valence-electron chi connectivity index (χ4n) is 3.05. The second-order valence-corrected chi connectivity index (χ2v) is 8.32. The molecule has 7 nitrogen and oxygen atoms in total. The van der Waals surface area contributed by atoms with Crippen LogP contribution in [0.2, 0.25) is 5.02 Å². The Bertz CT molecular complexity index is 1310. The number of halogens is 3. The van der Waals surface area contributed by atoms with E-state index in [1.165, 1.54) is 12.1 Å². The van der Waals surface area contributed by atoms with E-state index >= 15 is 0 Å². The van der Waals surface area contributed by atoms with Crippen molar-refractivity contribution in [2.24, 2.45) is 0 Å². The first-order chi connectivity index (χ1) is 15.0. The average molecular weight is 461 g/mol. The number of amides is 1. The van der Waals surface area contributed by atoms with Gasteiger partial charge in [0.25, 0.3) is 5.56 Å². The van der Waals surface area contributed by atoms with Crippen LogP contribution in [-0.2, 0) is 11.2 Å². The molecule has 0 fully saturated rings. The van der Waals surface area contributed by atoms with Crippen LogP contribution in [0.4, 0.5) is 13.6 Å². The van der Waals surface area contributed by atoms with E-state index in [0.29, 0.717) is 0 Å². The number of hydrogen-bond donors (Lipinski definition) is 1. The number of nitrogens with one attached hydrogen (secondary N) is 1. The number of nitriles is 1. The van der Waals surface area contributed by atoms with E-state index < -0.39 is 28.9 Å². The molecule has 0 saturated carbocycles. The smallest absolute Gasteiger partial charge is 0.407 e. The molecule has 0 aliphatic rings. The topological polar surface area (TPSA) is 97.0 Å². The van der Waals surface area contributed by atoms with Crippen molar-refractivity contribution in [3.05, 3.63) is 68.7 Å². The largest absolute Gasteiger partial charge is 0.444 e. The fraction of sp³-hybridized carbons (Fsp3) is 0.273. The maximum Gasteiger partial charge on any atom is 0.407 e. The molecule has 1 amide bonds. The molecule has 0 aliphatic carbocycles. The monoisotopic (exact) mass is 460 g/mol. The predicted molar refractivity (Wildman–Crippen MR) is 115 cm³/mol. The molecule has 1 aromatic heterocycles. The Morgan fingerprint density at radius 3 is 2.66 bits per heavy atom. The molecule has 3 aromatic rings. The second-order valence-electron chi connectivity index (χ2n) is 7.91. The summed E-state index contributed by atoms with van der Waals surface area (Å²) in [6, 6.07) is 7.49. The molecule has 3 rings (SSSR count). The third-order valence-corrected chi connectivity index (χ3v) is 4.60. The molecule has 0 atom stereocenters. The van der Waals surface area contributed by atoms with Gasteiger partial charge in [-0.2, -0.15) is 5.26 Å². The number of nitrogens with zero attached hydrogens (tertiary/aromatic N) is 3. The zero-order valence-corrected chi connectivity index (χ0v) is 18.3. The first-order valence-electron chi connectivity index (χ1n) is 9.57. The molecule has 0 bridgehead atoms. The van der Waals surface area contributed by atoms with E-state index in [0.717, 1.165) is 22.8 Å². The van der Waals surface area contributed by atoms with Gasteiger partial charge >= 0.3 is 6.09 Å². The lowest BCUT2D eigenvalue weighted by Crippen LogP contribution is -2.34. The number of fused-ring (bicyclic) bond motifs is 1. The molecule has 2 aromatic carbocycles. The van der Waals surface area contributed by atoms with Crippen molar-refractivity contribution in [1.29, 1.82) is 5.26 Å². The Hall–Kier alpha value is -3.51. The highest BCUT2D eigenvalue weighted by atomic mass is 35.5. The molecule has 0 aliphatic heterocycles. The number of carbonyl (C=O) groups is 1. The maximum atomic E-state index is 14.4. The van der Waals surface area contributed by atoms with Crippen LogP contribution in [0.3, 0.4) is 0 Å². The van der Waals surface area contributed by atoms with Gasteiger partial charge in [0.15, 0.2) is 0 Å². The average Bonchev–Trinajstić information content (AvgIpc) is 2.68. The van der Waals surface area contributed by atoms with E-state index in [2.05, 4.69) is 10.3 Å². The molecule has 10 heteroatoms. The number of hydrogen-bond acceptors (Lipinski definition) is 5. The molecular weight excluding hydrogens is 442 g/mol.